The molecular formula is C19H21NO4. The van der Waals surface area contributed by atoms with E-state index in [-0.39, 0.29) is 5.91 Å². The highest BCUT2D eigenvalue weighted by molar-refractivity contribution is 6.05. The van der Waals surface area contributed by atoms with Crippen molar-refractivity contribution in [2.75, 3.05) is 19.0 Å². The first kappa shape index (κ1) is 17.5. The number of amides is 1. The number of ether oxygens (including phenoxy) is 2. The van der Waals surface area contributed by atoms with Crippen LogP contribution in [0.1, 0.15) is 40.5 Å². The van der Waals surface area contributed by atoms with Gasteiger partial charge in [-0.25, -0.2) is 0 Å². The lowest BCUT2D eigenvalue weighted by Gasteiger charge is -2.14. The number of unbranched alkanes of at least 4 members (excludes halogenated alkanes) is 1. The fourth-order valence-corrected chi connectivity index (χ4v) is 2.09. The molecule has 0 heterocycles. The van der Waals surface area contributed by atoms with Crippen LogP contribution in [0.3, 0.4) is 0 Å². The van der Waals surface area contributed by atoms with Crippen LogP contribution in [-0.2, 0) is 0 Å². The minimum atomic E-state index is -0.277. The molecule has 0 spiro atoms. The predicted octanol–water partition coefficient (Wildman–Crippen LogP) is 3.94. The Morgan fingerprint density at radius 2 is 1.92 bits per heavy atom. The van der Waals surface area contributed by atoms with Gasteiger partial charge in [-0.15, -0.1) is 0 Å². The van der Waals surface area contributed by atoms with Gasteiger partial charge in [0.1, 0.15) is 17.8 Å². The van der Waals surface area contributed by atoms with E-state index < -0.39 is 0 Å². The van der Waals surface area contributed by atoms with Gasteiger partial charge in [-0.3, -0.25) is 9.59 Å². The van der Waals surface area contributed by atoms with E-state index in [1.54, 1.807) is 49.6 Å². The summed E-state index contributed by atoms with van der Waals surface area (Å²) in [5.74, 6) is 0.951. The molecule has 0 aliphatic rings. The minimum Gasteiger partial charge on any atom is -0.497 e. The zero-order chi connectivity index (χ0) is 17.4. The number of benzene rings is 2. The van der Waals surface area contributed by atoms with Crippen LogP contribution in [-0.4, -0.2) is 25.9 Å². The van der Waals surface area contributed by atoms with Crippen molar-refractivity contribution in [3.05, 3.63) is 53.6 Å². The van der Waals surface area contributed by atoms with E-state index in [0.717, 1.165) is 19.1 Å². The lowest BCUT2D eigenvalue weighted by atomic mass is 10.1. The molecule has 0 fully saturated rings. The number of hydrogen-bond acceptors (Lipinski definition) is 4. The van der Waals surface area contributed by atoms with Crippen molar-refractivity contribution in [1.82, 2.24) is 0 Å². The molecule has 24 heavy (non-hydrogen) atoms. The van der Waals surface area contributed by atoms with Gasteiger partial charge in [0.25, 0.3) is 5.91 Å². The molecule has 0 aliphatic heterocycles. The van der Waals surface area contributed by atoms with Crippen molar-refractivity contribution < 1.29 is 19.1 Å². The van der Waals surface area contributed by atoms with Gasteiger partial charge in [0, 0.05) is 17.2 Å². The fourth-order valence-electron chi connectivity index (χ4n) is 2.09. The van der Waals surface area contributed by atoms with Crippen molar-refractivity contribution in [2.24, 2.45) is 0 Å². The normalized spacial score (nSPS) is 10.1. The molecule has 1 N–H and O–H groups in total. The molecule has 5 heteroatoms. The first-order valence-corrected chi connectivity index (χ1v) is 7.85. The molecule has 0 saturated heterocycles. The minimum absolute atomic E-state index is 0.277. The quantitative estimate of drug-likeness (QED) is 0.589. The standard InChI is InChI=1S/C19H21NO4/c1-3-4-11-24-18-10-9-16(23-2)12-17(18)20-19(22)15-7-5-14(13-21)6-8-15/h5-10,12-13H,3-4,11H2,1-2H3,(H,20,22). The summed E-state index contributed by atoms with van der Waals surface area (Å²) in [4.78, 5) is 23.1. The summed E-state index contributed by atoms with van der Waals surface area (Å²) in [5, 5.41) is 2.83. The Bertz CT molecular complexity index is 695. The molecule has 0 atom stereocenters. The molecule has 2 aromatic rings. The zero-order valence-corrected chi connectivity index (χ0v) is 13.9. The summed E-state index contributed by atoms with van der Waals surface area (Å²) in [6.45, 7) is 2.67. The van der Waals surface area contributed by atoms with Gasteiger partial charge in [0.2, 0.25) is 0 Å². The summed E-state index contributed by atoms with van der Waals surface area (Å²) in [7, 11) is 1.57. The van der Waals surface area contributed by atoms with E-state index in [1.807, 2.05) is 0 Å². The number of hydrogen-bond donors (Lipinski definition) is 1. The average molecular weight is 327 g/mol. The Morgan fingerprint density at radius 1 is 1.17 bits per heavy atom. The summed E-state index contributed by atoms with van der Waals surface area (Å²) in [6, 6.07) is 11.7. The Morgan fingerprint density at radius 3 is 2.54 bits per heavy atom. The van der Waals surface area contributed by atoms with Crippen molar-refractivity contribution >= 4 is 17.9 Å². The number of methoxy groups -OCH3 is 1. The van der Waals surface area contributed by atoms with Crippen molar-refractivity contribution in [1.29, 1.82) is 0 Å². The third-order valence-electron chi connectivity index (χ3n) is 3.50. The van der Waals surface area contributed by atoms with Crippen molar-refractivity contribution in [2.45, 2.75) is 19.8 Å². The number of aldehydes is 1. The first-order valence-electron chi connectivity index (χ1n) is 7.85. The lowest BCUT2D eigenvalue weighted by molar-refractivity contribution is 0.102. The van der Waals surface area contributed by atoms with E-state index in [9.17, 15) is 9.59 Å². The van der Waals surface area contributed by atoms with Crippen LogP contribution in [0.15, 0.2) is 42.5 Å². The Hall–Kier alpha value is -2.82. The van der Waals surface area contributed by atoms with Gasteiger partial charge in [0.05, 0.1) is 19.4 Å². The van der Waals surface area contributed by atoms with Gasteiger partial charge >= 0.3 is 0 Å². The Kier molecular flexibility index (Phi) is 6.37. The van der Waals surface area contributed by atoms with Crippen molar-refractivity contribution in [3.63, 3.8) is 0 Å². The molecule has 0 aromatic heterocycles. The number of rotatable bonds is 8. The van der Waals surface area contributed by atoms with E-state index in [1.165, 1.54) is 0 Å². The number of anilines is 1. The van der Waals surface area contributed by atoms with E-state index >= 15 is 0 Å². The highest BCUT2D eigenvalue weighted by Crippen LogP contribution is 2.30. The summed E-state index contributed by atoms with van der Waals surface area (Å²) in [6.07, 6.45) is 2.71. The second kappa shape index (κ2) is 8.72. The maximum absolute atomic E-state index is 12.4. The van der Waals surface area contributed by atoms with Gasteiger partial charge in [-0.2, -0.15) is 0 Å². The molecule has 0 radical (unpaired) electrons. The largest absolute Gasteiger partial charge is 0.497 e. The topological polar surface area (TPSA) is 64.6 Å². The van der Waals surface area contributed by atoms with E-state index in [0.29, 0.717) is 34.9 Å². The molecule has 1 amide bonds. The third-order valence-corrected chi connectivity index (χ3v) is 3.50. The Balaban J connectivity index is 2.18. The zero-order valence-electron chi connectivity index (χ0n) is 13.9. The van der Waals surface area contributed by atoms with Gasteiger partial charge in [0.15, 0.2) is 0 Å². The molecule has 2 aromatic carbocycles. The summed E-state index contributed by atoms with van der Waals surface area (Å²) in [5.41, 5.74) is 1.54. The molecule has 5 nitrogen and oxygen atoms in total. The van der Waals surface area contributed by atoms with Crippen LogP contribution < -0.4 is 14.8 Å². The fraction of sp³-hybridized carbons (Fsp3) is 0.263. The highest BCUT2D eigenvalue weighted by Gasteiger charge is 2.11. The van der Waals surface area contributed by atoms with Gasteiger partial charge in [-0.1, -0.05) is 25.5 Å². The van der Waals surface area contributed by atoms with Crippen molar-refractivity contribution in [3.8, 4) is 11.5 Å². The van der Waals surface area contributed by atoms with E-state index in [4.69, 9.17) is 9.47 Å². The van der Waals surface area contributed by atoms with E-state index in [2.05, 4.69) is 12.2 Å². The number of carbonyl (C=O) groups is 2. The van der Waals surface area contributed by atoms with Crippen LogP contribution in [0, 0.1) is 0 Å². The second-order valence-corrected chi connectivity index (χ2v) is 5.26. The third kappa shape index (κ3) is 4.59. The molecule has 0 saturated carbocycles. The molecular weight excluding hydrogens is 306 g/mol. The monoisotopic (exact) mass is 327 g/mol. The highest BCUT2D eigenvalue weighted by atomic mass is 16.5. The predicted molar refractivity (Wildman–Crippen MR) is 93.2 cm³/mol. The SMILES string of the molecule is CCCCOc1ccc(OC)cc1NC(=O)c1ccc(C=O)cc1. The van der Waals surface area contributed by atoms with Gasteiger partial charge in [-0.05, 0) is 30.7 Å². The molecule has 126 valence electrons. The molecule has 0 aliphatic carbocycles. The lowest BCUT2D eigenvalue weighted by Crippen LogP contribution is -2.13. The summed E-state index contributed by atoms with van der Waals surface area (Å²) >= 11 is 0. The number of carbonyl (C=O) groups excluding carboxylic acids is 2. The van der Waals surface area contributed by atoms with Crippen LogP contribution in [0.5, 0.6) is 11.5 Å². The Labute approximate surface area is 141 Å². The second-order valence-electron chi connectivity index (χ2n) is 5.26. The number of nitrogens with one attached hydrogen (secondary N) is 1. The first-order chi connectivity index (χ1) is 11.7. The van der Waals surface area contributed by atoms with Crippen LogP contribution in [0.4, 0.5) is 5.69 Å². The summed E-state index contributed by atoms with van der Waals surface area (Å²) < 4.78 is 10.9. The maximum Gasteiger partial charge on any atom is 0.255 e. The van der Waals surface area contributed by atoms with Crippen LogP contribution in [0.2, 0.25) is 0 Å². The average Bonchev–Trinajstić information content (AvgIpc) is 2.63. The maximum atomic E-state index is 12.4. The smallest absolute Gasteiger partial charge is 0.255 e. The molecule has 0 unspecified atom stereocenters. The van der Waals surface area contributed by atoms with Gasteiger partial charge < -0.3 is 14.8 Å². The molecule has 2 rings (SSSR count). The van der Waals surface area contributed by atoms with Crippen LogP contribution >= 0.6 is 0 Å². The van der Waals surface area contributed by atoms with Crippen LogP contribution in [0.25, 0.3) is 0 Å². The molecule has 0 bridgehead atoms.